The van der Waals surface area contributed by atoms with E-state index in [-0.39, 0.29) is 0 Å². The van der Waals surface area contributed by atoms with E-state index in [9.17, 15) is 0 Å². The normalized spacial score (nSPS) is 20.0. The Balaban J connectivity index is 2.46. The predicted molar refractivity (Wildman–Crippen MR) is 81.6 cm³/mol. The first-order valence-electron chi connectivity index (χ1n) is 6.69. The van der Waals surface area contributed by atoms with E-state index in [0.717, 1.165) is 18.0 Å². The Morgan fingerprint density at radius 3 is 1.89 bits per heavy atom. The molecule has 0 aromatic carbocycles. The van der Waals surface area contributed by atoms with Gasteiger partial charge in [-0.3, -0.25) is 0 Å². The molecule has 1 saturated heterocycles. The molecule has 0 unspecified atom stereocenters. The van der Waals surface area contributed by atoms with Crippen LogP contribution in [0.1, 0.15) is 27.7 Å². The van der Waals surface area contributed by atoms with Gasteiger partial charge in [-0.15, -0.1) is 0 Å². The quantitative estimate of drug-likeness (QED) is 0.557. The number of allylic oxidation sites excluding steroid dienone is 5. The fourth-order valence-electron chi connectivity index (χ4n) is 2.56. The van der Waals surface area contributed by atoms with Crippen molar-refractivity contribution in [2.45, 2.75) is 39.8 Å². The van der Waals surface area contributed by atoms with Crippen molar-refractivity contribution in [3.8, 4) is 0 Å². The minimum atomic E-state index is 0.512. The Kier molecular flexibility index (Phi) is 3.91. The first kappa shape index (κ1) is 13.3. The third kappa shape index (κ3) is 2.37. The molecule has 0 saturated carbocycles. The lowest BCUT2D eigenvalue weighted by atomic mass is 10.1. The van der Waals surface area contributed by atoms with Gasteiger partial charge in [-0.1, -0.05) is 24.4 Å². The molecule has 2 aliphatic rings. The van der Waals surface area contributed by atoms with Gasteiger partial charge in [-0.05, 0) is 39.8 Å². The number of nitrogens with zero attached hydrogens (tertiary/aromatic N) is 2. The van der Waals surface area contributed by atoms with Crippen LogP contribution in [-0.2, 0) is 0 Å². The molecule has 0 N–H and O–H groups in total. The summed E-state index contributed by atoms with van der Waals surface area (Å²) in [6, 6.07) is 1.02. The zero-order chi connectivity index (χ0) is 13.3. The molecule has 0 amide bonds. The third-order valence-corrected chi connectivity index (χ3v) is 3.86. The van der Waals surface area contributed by atoms with Gasteiger partial charge in [-0.2, -0.15) is 0 Å². The molecular weight excluding hydrogens is 240 g/mol. The molecule has 0 atom stereocenters. The van der Waals surface area contributed by atoms with Gasteiger partial charge in [0.15, 0.2) is 0 Å². The predicted octanol–water partition coefficient (Wildman–Crippen LogP) is 3.13. The monoisotopic (exact) mass is 262 g/mol. The summed E-state index contributed by atoms with van der Waals surface area (Å²) in [5.74, 6) is 1.31. The third-order valence-electron chi connectivity index (χ3n) is 3.50. The molecule has 0 radical (unpaired) electrons. The Labute approximate surface area is 116 Å². The van der Waals surface area contributed by atoms with Gasteiger partial charge >= 0.3 is 0 Å². The lowest BCUT2D eigenvalue weighted by Gasteiger charge is -2.32. The molecule has 0 bridgehead atoms. The summed E-state index contributed by atoms with van der Waals surface area (Å²) in [6.07, 6.45) is 8.26. The molecule has 18 heavy (non-hydrogen) atoms. The van der Waals surface area contributed by atoms with Crippen LogP contribution in [0.25, 0.3) is 0 Å². The van der Waals surface area contributed by atoms with Crippen LogP contribution in [0.2, 0.25) is 0 Å². The molecule has 0 aromatic rings. The maximum absolute atomic E-state index is 5.49. The van der Waals surface area contributed by atoms with Crippen LogP contribution in [0.3, 0.4) is 0 Å². The summed E-state index contributed by atoms with van der Waals surface area (Å²) in [5.41, 5.74) is 1.20. The fourth-order valence-corrected chi connectivity index (χ4v) is 2.80. The van der Waals surface area contributed by atoms with Gasteiger partial charge in [0.05, 0.1) is 0 Å². The van der Waals surface area contributed by atoms with Crippen molar-refractivity contribution in [2.24, 2.45) is 0 Å². The van der Waals surface area contributed by atoms with Gasteiger partial charge in [-0.25, -0.2) is 0 Å². The van der Waals surface area contributed by atoms with Crippen molar-refractivity contribution < 1.29 is 0 Å². The van der Waals surface area contributed by atoms with Gasteiger partial charge in [0.2, 0.25) is 0 Å². The molecule has 2 nitrogen and oxygen atoms in total. The summed E-state index contributed by atoms with van der Waals surface area (Å²) in [5, 5.41) is 0. The van der Waals surface area contributed by atoms with Gasteiger partial charge in [0, 0.05) is 35.6 Å². The second kappa shape index (κ2) is 5.27. The summed E-state index contributed by atoms with van der Waals surface area (Å²) < 4.78 is 0. The molecular formula is C15H22N2S. The summed E-state index contributed by atoms with van der Waals surface area (Å²) in [4.78, 5) is 5.88. The Bertz CT molecular complexity index is 412. The van der Waals surface area contributed by atoms with Crippen LogP contribution in [0.5, 0.6) is 0 Å². The zero-order valence-corrected chi connectivity index (χ0v) is 12.5. The van der Waals surface area contributed by atoms with Gasteiger partial charge < -0.3 is 9.80 Å². The average Bonchev–Trinajstić information content (AvgIpc) is 2.74. The first-order chi connectivity index (χ1) is 8.52. The molecule has 1 fully saturated rings. The van der Waals surface area contributed by atoms with Crippen LogP contribution in [-0.4, -0.2) is 39.8 Å². The van der Waals surface area contributed by atoms with E-state index < -0.39 is 0 Å². The Hall–Kier alpha value is -1.09. The molecule has 0 spiro atoms. The van der Waals surface area contributed by atoms with Crippen LogP contribution in [0.4, 0.5) is 0 Å². The van der Waals surface area contributed by atoms with E-state index in [1.54, 1.807) is 0 Å². The van der Waals surface area contributed by atoms with E-state index >= 15 is 0 Å². The molecule has 1 heterocycles. The summed E-state index contributed by atoms with van der Waals surface area (Å²) in [7, 11) is 0. The lowest BCUT2D eigenvalue weighted by Crippen LogP contribution is -2.34. The standard InChI is InChI=1S/C15H22N2S/c1-11(2)16-9-10-17(12(3)4)15(16)13-7-5-6-8-14(13)18/h5-8,11-12H,9-10H2,1-4H3. The second-order valence-corrected chi connectivity index (χ2v) is 5.83. The Morgan fingerprint density at radius 2 is 1.44 bits per heavy atom. The first-order valence-corrected chi connectivity index (χ1v) is 7.10. The molecule has 1 aliphatic heterocycles. The van der Waals surface area contributed by atoms with Crippen molar-refractivity contribution in [1.82, 2.24) is 9.80 Å². The van der Waals surface area contributed by atoms with Crippen molar-refractivity contribution in [3.63, 3.8) is 0 Å². The maximum Gasteiger partial charge on any atom is 0.113 e. The van der Waals surface area contributed by atoms with Crippen LogP contribution < -0.4 is 0 Å². The zero-order valence-electron chi connectivity index (χ0n) is 11.7. The van der Waals surface area contributed by atoms with Crippen molar-refractivity contribution in [3.05, 3.63) is 35.7 Å². The largest absolute Gasteiger partial charge is 0.354 e. The van der Waals surface area contributed by atoms with E-state index in [1.165, 1.54) is 11.4 Å². The second-order valence-electron chi connectivity index (χ2n) is 5.39. The average molecular weight is 262 g/mol. The number of thiocarbonyl (C=S) groups is 1. The SMILES string of the molecule is CC(C)N1CCN(C(C)C)C1=C1C=CC=CC1=S. The van der Waals surface area contributed by atoms with Crippen molar-refractivity contribution >= 4 is 17.1 Å². The minimum absolute atomic E-state index is 0.512. The molecule has 2 rings (SSSR count). The summed E-state index contributed by atoms with van der Waals surface area (Å²) in [6.45, 7) is 11.2. The topological polar surface area (TPSA) is 6.48 Å². The molecule has 98 valence electrons. The van der Waals surface area contributed by atoms with Crippen LogP contribution in [0, 0.1) is 0 Å². The van der Waals surface area contributed by atoms with Crippen LogP contribution in [0.15, 0.2) is 35.7 Å². The number of rotatable bonds is 2. The molecule has 3 heteroatoms. The van der Waals surface area contributed by atoms with E-state index in [1.807, 2.05) is 12.2 Å². The van der Waals surface area contributed by atoms with E-state index in [0.29, 0.717) is 12.1 Å². The molecule has 0 aromatic heterocycles. The van der Waals surface area contributed by atoms with Gasteiger partial charge in [0.25, 0.3) is 0 Å². The number of hydrogen-bond donors (Lipinski definition) is 0. The fraction of sp³-hybridized carbons (Fsp3) is 0.533. The smallest absolute Gasteiger partial charge is 0.113 e. The maximum atomic E-state index is 5.49. The highest BCUT2D eigenvalue weighted by molar-refractivity contribution is 7.81. The highest BCUT2D eigenvalue weighted by atomic mass is 32.1. The number of hydrogen-bond acceptors (Lipinski definition) is 3. The minimum Gasteiger partial charge on any atom is -0.354 e. The van der Waals surface area contributed by atoms with Crippen molar-refractivity contribution in [1.29, 1.82) is 0 Å². The Morgan fingerprint density at radius 1 is 0.944 bits per heavy atom. The highest BCUT2D eigenvalue weighted by Crippen LogP contribution is 2.29. The summed E-state index contributed by atoms with van der Waals surface area (Å²) >= 11 is 5.49. The van der Waals surface area contributed by atoms with E-state index in [4.69, 9.17) is 12.2 Å². The van der Waals surface area contributed by atoms with Crippen LogP contribution >= 0.6 is 12.2 Å². The highest BCUT2D eigenvalue weighted by Gasteiger charge is 2.31. The van der Waals surface area contributed by atoms with Crippen molar-refractivity contribution in [2.75, 3.05) is 13.1 Å². The van der Waals surface area contributed by atoms with E-state index in [2.05, 4.69) is 49.6 Å². The molecule has 1 aliphatic carbocycles. The van der Waals surface area contributed by atoms with Gasteiger partial charge in [0.1, 0.15) is 5.82 Å². The lowest BCUT2D eigenvalue weighted by molar-refractivity contribution is 0.265.